The Balaban J connectivity index is 0.00000144. The Kier molecular flexibility index (Phi) is 8.24. The fraction of sp³-hybridized carbons (Fsp3) is 0.316. The third kappa shape index (κ3) is 4.97. The number of hydrogen-bond donors (Lipinski definition) is 0. The minimum Gasteiger partial charge on any atom is -0.309 e. The number of nitrogens with zero attached hydrogens (tertiary/aromatic N) is 2. The molecule has 1 atom stereocenters. The highest BCUT2D eigenvalue weighted by atomic mass is 35.5. The molecule has 130 valence electrons. The summed E-state index contributed by atoms with van der Waals surface area (Å²) in [7, 11) is 4.22. The van der Waals surface area contributed by atoms with E-state index < -0.39 is 0 Å². The second-order valence-electron chi connectivity index (χ2n) is 6.09. The van der Waals surface area contributed by atoms with E-state index in [2.05, 4.69) is 55.4 Å². The maximum atomic E-state index is 6.02. The van der Waals surface area contributed by atoms with Crippen LogP contribution < -0.4 is 0 Å². The van der Waals surface area contributed by atoms with Crippen molar-refractivity contribution in [2.75, 3.05) is 20.6 Å². The minimum atomic E-state index is 0. The van der Waals surface area contributed by atoms with Gasteiger partial charge in [-0.3, -0.25) is 4.99 Å². The highest BCUT2D eigenvalue weighted by Crippen LogP contribution is 2.25. The van der Waals surface area contributed by atoms with Crippen LogP contribution in [0.2, 0.25) is 5.02 Å². The summed E-state index contributed by atoms with van der Waals surface area (Å²) in [4.78, 5) is 7.26. The molecule has 0 bridgehead atoms. The quantitative estimate of drug-likeness (QED) is 0.731. The molecule has 0 amide bonds. The van der Waals surface area contributed by atoms with Gasteiger partial charge in [-0.2, -0.15) is 0 Å². The van der Waals surface area contributed by atoms with Crippen molar-refractivity contribution in [1.82, 2.24) is 4.90 Å². The lowest BCUT2D eigenvalue weighted by molar-refractivity contribution is 0.379. The average Bonchev–Trinajstić information content (AvgIpc) is 2.53. The Labute approximate surface area is 161 Å². The van der Waals surface area contributed by atoms with Gasteiger partial charge in [-0.1, -0.05) is 48.0 Å². The predicted molar refractivity (Wildman–Crippen MR) is 109 cm³/mol. The van der Waals surface area contributed by atoms with E-state index in [9.17, 15) is 0 Å². The van der Waals surface area contributed by atoms with E-state index in [0.717, 1.165) is 35.7 Å². The van der Waals surface area contributed by atoms with Gasteiger partial charge in [0.25, 0.3) is 0 Å². The Morgan fingerprint density at radius 1 is 1.04 bits per heavy atom. The van der Waals surface area contributed by atoms with E-state index in [0.29, 0.717) is 6.04 Å². The van der Waals surface area contributed by atoms with Crippen molar-refractivity contribution in [3.63, 3.8) is 0 Å². The van der Waals surface area contributed by atoms with E-state index >= 15 is 0 Å². The average molecular weight is 386 g/mol. The molecule has 1 aliphatic heterocycles. The van der Waals surface area contributed by atoms with Crippen molar-refractivity contribution in [3.05, 3.63) is 70.2 Å². The largest absolute Gasteiger partial charge is 0.309 e. The van der Waals surface area contributed by atoms with Crippen molar-refractivity contribution in [2.45, 2.75) is 18.9 Å². The first-order chi connectivity index (χ1) is 10.6. The number of fused-ring (bicyclic) bond motifs is 1. The van der Waals surface area contributed by atoms with Crippen molar-refractivity contribution < 1.29 is 0 Å². The summed E-state index contributed by atoms with van der Waals surface area (Å²) in [6, 6.07) is 16.9. The maximum absolute atomic E-state index is 6.02. The molecule has 0 aliphatic carbocycles. The van der Waals surface area contributed by atoms with E-state index in [-0.39, 0.29) is 24.8 Å². The zero-order chi connectivity index (χ0) is 15.5. The third-order valence-electron chi connectivity index (χ3n) is 4.07. The lowest BCUT2D eigenvalue weighted by Gasteiger charge is -2.25. The molecule has 0 aromatic heterocycles. The second-order valence-corrected chi connectivity index (χ2v) is 6.53. The van der Waals surface area contributed by atoms with Crippen LogP contribution in [0.4, 0.5) is 0 Å². The fourth-order valence-electron chi connectivity index (χ4n) is 2.89. The molecule has 0 radical (unpaired) electrons. The highest BCUT2D eigenvalue weighted by molar-refractivity contribution is 6.30. The monoisotopic (exact) mass is 384 g/mol. The normalized spacial score (nSPS) is 15.8. The zero-order valence-corrected chi connectivity index (χ0v) is 16.3. The van der Waals surface area contributed by atoms with Crippen LogP contribution in [0.25, 0.3) is 0 Å². The molecule has 24 heavy (non-hydrogen) atoms. The van der Waals surface area contributed by atoms with Gasteiger partial charge in [0.1, 0.15) is 0 Å². The van der Waals surface area contributed by atoms with Gasteiger partial charge in [0.2, 0.25) is 0 Å². The number of halogens is 3. The van der Waals surface area contributed by atoms with E-state index in [1.165, 1.54) is 11.1 Å². The molecule has 5 heteroatoms. The van der Waals surface area contributed by atoms with Crippen molar-refractivity contribution in [3.8, 4) is 0 Å². The van der Waals surface area contributed by atoms with Gasteiger partial charge >= 0.3 is 0 Å². The Morgan fingerprint density at radius 3 is 2.38 bits per heavy atom. The Morgan fingerprint density at radius 2 is 1.71 bits per heavy atom. The van der Waals surface area contributed by atoms with Crippen LogP contribution in [-0.2, 0) is 6.42 Å². The molecule has 1 unspecified atom stereocenters. The van der Waals surface area contributed by atoms with Crippen LogP contribution in [0.15, 0.2) is 53.5 Å². The summed E-state index contributed by atoms with van der Waals surface area (Å²) in [5, 5.41) is 0.762. The molecule has 2 aromatic carbocycles. The molecule has 0 fully saturated rings. The summed E-state index contributed by atoms with van der Waals surface area (Å²) < 4.78 is 0. The molecule has 0 spiro atoms. The molecule has 2 aromatic rings. The third-order valence-corrected chi connectivity index (χ3v) is 4.32. The van der Waals surface area contributed by atoms with Crippen LogP contribution in [0, 0.1) is 0 Å². The SMILES string of the molecule is CN(C)CCC1Cc2ccccc2C(c2ccc(Cl)cc2)=N1.Cl.Cl. The molecule has 0 N–H and O–H groups in total. The number of rotatable bonds is 4. The fourth-order valence-corrected chi connectivity index (χ4v) is 3.02. The van der Waals surface area contributed by atoms with Crippen molar-refractivity contribution in [2.24, 2.45) is 4.99 Å². The van der Waals surface area contributed by atoms with Gasteiger partial charge in [0.15, 0.2) is 0 Å². The lowest BCUT2D eigenvalue weighted by Crippen LogP contribution is -2.25. The van der Waals surface area contributed by atoms with E-state index in [1.807, 2.05) is 12.1 Å². The van der Waals surface area contributed by atoms with Crippen LogP contribution in [0.3, 0.4) is 0 Å². The summed E-state index contributed by atoms with van der Waals surface area (Å²) in [5.74, 6) is 0. The Hall–Kier alpha value is -1.06. The summed E-state index contributed by atoms with van der Waals surface area (Å²) >= 11 is 6.02. The topological polar surface area (TPSA) is 15.6 Å². The standard InChI is InChI=1S/C19H21ClN2.2ClH/c1-22(2)12-11-17-13-15-5-3-4-6-18(15)19(21-17)14-7-9-16(20)10-8-14;;/h3-10,17H,11-13H2,1-2H3;2*1H. The summed E-state index contributed by atoms with van der Waals surface area (Å²) in [5.41, 5.74) is 4.89. The molecular weight excluding hydrogens is 363 g/mol. The van der Waals surface area contributed by atoms with Crippen molar-refractivity contribution >= 4 is 42.1 Å². The van der Waals surface area contributed by atoms with Crippen LogP contribution in [0.5, 0.6) is 0 Å². The van der Waals surface area contributed by atoms with Gasteiger partial charge in [-0.05, 0) is 51.2 Å². The van der Waals surface area contributed by atoms with Crippen LogP contribution in [0.1, 0.15) is 23.1 Å². The predicted octanol–water partition coefficient (Wildman–Crippen LogP) is 4.90. The first-order valence-corrected chi connectivity index (χ1v) is 8.08. The van der Waals surface area contributed by atoms with E-state index in [4.69, 9.17) is 16.6 Å². The molecule has 3 rings (SSSR count). The van der Waals surface area contributed by atoms with Gasteiger partial charge < -0.3 is 4.90 Å². The minimum absolute atomic E-state index is 0. The Bertz CT molecular complexity index is 681. The molecule has 0 saturated carbocycles. The van der Waals surface area contributed by atoms with Gasteiger partial charge in [0.05, 0.1) is 11.8 Å². The first-order valence-electron chi connectivity index (χ1n) is 7.70. The zero-order valence-electron chi connectivity index (χ0n) is 13.9. The van der Waals surface area contributed by atoms with Crippen LogP contribution >= 0.6 is 36.4 Å². The van der Waals surface area contributed by atoms with Gasteiger partial charge in [0, 0.05) is 16.1 Å². The molecule has 1 heterocycles. The van der Waals surface area contributed by atoms with Crippen LogP contribution in [-0.4, -0.2) is 37.3 Å². The lowest BCUT2D eigenvalue weighted by atomic mass is 9.89. The molecule has 0 saturated heterocycles. The molecule has 1 aliphatic rings. The maximum Gasteiger partial charge on any atom is 0.0725 e. The summed E-state index contributed by atoms with van der Waals surface area (Å²) in [6.07, 6.45) is 2.11. The smallest absolute Gasteiger partial charge is 0.0725 e. The van der Waals surface area contributed by atoms with Gasteiger partial charge in [-0.15, -0.1) is 24.8 Å². The summed E-state index contributed by atoms with van der Waals surface area (Å²) in [6.45, 7) is 1.06. The van der Waals surface area contributed by atoms with E-state index in [1.54, 1.807) is 0 Å². The van der Waals surface area contributed by atoms with Gasteiger partial charge in [-0.25, -0.2) is 0 Å². The molecule has 2 nitrogen and oxygen atoms in total. The first kappa shape index (κ1) is 21.0. The number of aliphatic imine (C=N–C) groups is 1. The number of benzene rings is 2. The highest BCUT2D eigenvalue weighted by Gasteiger charge is 2.21. The second kappa shape index (κ2) is 9.43. The number of hydrogen-bond acceptors (Lipinski definition) is 2. The van der Waals surface area contributed by atoms with Crippen molar-refractivity contribution in [1.29, 1.82) is 0 Å². The molecular formula is C19H23Cl3N2.